The second-order valence-corrected chi connectivity index (χ2v) is 3.66. The number of carboxylic acids is 1. The zero-order valence-electron chi connectivity index (χ0n) is 8.27. The Hall–Kier alpha value is -1.10. The molecule has 3 N–H and O–H groups in total. The zero-order valence-corrected chi connectivity index (χ0v) is 8.27. The van der Waals surface area contributed by atoms with Crippen molar-refractivity contribution in [3.63, 3.8) is 0 Å². The molecule has 5 heteroatoms. The van der Waals surface area contributed by atoms with Gasteiger partial charge in [0.25, 0.3) is 0 Å². The fourth-order valence-electron chi connectivity index (χ4n) is 1.67. The van der Waals surface area contributed by atoms with Gasteiger partial charge in [-0.3, -0.25) is 4.79 Å². The minimum atomic E-state index is -0.917. The van der Waals surface area contributed by atoms with Crippen molar-refractivity contribution >= 4 is 11.9 Å². The highest BCUT2D eigenvalue weighted by molar-refractivity contribution is 5.85. The van der Waals surface area contributed by atoms with Gasteiger partial charge in [0, 0.05) is 19.0 Å². The lowest BCUT2D eigenvalue weighted by Crippen LogP contribution is -2.44. The lowest BCUT2D eigenvalue weighted by Gasteiger charge is -2.24. The topological polar surface area (TPSA) is 83.6 Å². The molecule has 0 aromatic heterocycles. The summed E-state index contributed by atoms with van der Waals surface area (Å²) in [7, 11) is 0. The van der Waals surface area contributed by atoms with Gasteiger partial charge in [0.05, 0.1) is 0 Å². The van der Waals surface area contributed by atoms with E-state index >= 15 is 0 Å². The van der Waals surface area contributed by atoms with E-state index in [2.05, 4.69) is 0 Å². The average molecular weight is 200 g/mol. The molecule has 0 bridgehead atoms. The van der Waals surface area contributed by atoms with Crippen LogP contribution >= 0.6 is 0 Å². The van der Waals surface area contributed by atoms with Gasteiger partial charge >= 0.3 is 5.97 Å². The van der Waals surface area contributed by atoms with Crippen LogP contribution in [0.25, 0.3) is 0 Å². The number of carbonyl (C=O) groups is 2. The van der Waals surface area contributed by atoms with Crippen LogP contribution in [-0.4, -0.2) is 41.0 Å². The number of rotatable bonds is 3. The Morgan fingerprint density at radius 3 is 2.79 bits per heavy atom. The van der Waals surface area contributed by atoms with Crippen LogP contribution in [0.15, 0.2) is 0 Å². The molecule has 0 aliphatic carbocycles. The maximum absolute atomic E-state index is 11.7. The first kappa shape index (κ1) is 11.0. The van der Waals surface area contributed by atoms with E-state index in [-0.39, 0.29) is 18.4 Å². The smallest absolute Gasteiger partial charge is 0.326 e. The van der Waals surface area contributed by atoms with Crippen LogP contribution in [0.3, 0.4) is 0 Å². The molecule has 0 aromatic carbocycles. The molecule has 1 aliphatic heterocycles. The first-order valence-electron chi connectivity index (χ1n) is 4.81. The number of carboxylic acid groups (broad SMARTS) is 1. The quantitative estimate of drug-likeness (QED) is 0.652. The van der Waals surface area contributed by atoms with Crippen LogP contribution in [0.2, 0.25) is 0 Å². The van der Waals surface area contributed by atoms with Crippen molar-refractivity contribution < 1.29 is 14.7 Å². The standard InChI is InChI=1S/C9H16N2O3/c1-6(5-10)8(12)11-4-2-3-7(11)9(13)14/h6-7H,2-5,10H2,1H3,(H,13,14)/t6?,7-/m0/s1. The van der Waals surface area contributed by atoms with Gasteiger partial charge in [-0.2, -0.15) is 0 Å². The van der Waals surface area contributed by atoms with E-state index in [1.165, 1.54) is 4.90 Å². The molecule has 0 saturated carbocycles. The normalized spacial score (nSPS) is 23.6. The van der Waals surface area contributed by atoms with E-state index in [0.29, 0.717) is 13.0 Å². The summed E-state index contributed by atoms with van der Waals surface area (Å²) in [4.78, 5) is 23.9. The van der Waals surface area contributed by atoms with Gasteiger partial charge in [0.1, 0.15) is 6.04 Å². The van der Waals surface area contributed by atoms with E-state index in [9.17, 15) is 9.59 Å². The van der Waals surface area contributed by atoms with E-state index in [4.69, 9.17) is 10.8 Å². The maximum Gasteiger partial charge on any atom is 0.326 e. The highest BCUT2D eigenvalue weighted by atomic mass is 16.4. The second-order valence-electron chi connectivity index (χ2n) is 3.66. The van der Waals surface area contributed by atoms with Crippen LogP contribution in [0.1, 0.15) is 19.8 Å². The number of amides is 1. The van der Waals surface area contributed by atoms with Crippen LogP contribution in [-0.2, 0) is 9.59 Å². The highest BCUT2D eigenvalue weighted by Crippen LogP contribution is 2.19. The molecule has 1 heterocycles. The summed E-state index contributed by atoms with van der Waals surface area (Å²) in [5, 5.41) is 8.86. The number of nitrogens with zero attached hydrogens (tertiary/aromatic N) is 1. The molecule has 2 atom stereocenters. The maximum atomic E-state index is 11.7. The Morgan fingerprint density at radius 1 is 1.64 bits per heavy atom. The third kappa shape index (κ3) is 2.04. The first-order chi connectivity index (χ1) is 6.57. The van der Waals surface area contributed by atoms with Crippen LogP contribution in [0, 0.1) is 5.92 Å². The van der Waals surface area contributed by atoms with E-state index in [1.807, 2.05) is 0 Å². The summed E-state index contributed by atoms with van der Waals surface area (Å²) in [6, 6.07) is -0.642. The Bertz CT molecular complexity index is 242. The molecule has 80 valence electrons. The molecule has 0 aromatic rings. The number of aliphatic carboxylic acids is 1. The number of carbonyl (C=O) groups excluding carboxylic acids is 1. The van der Waals surface area contributed by atoms with Crippen molar-refractivity contribution in [1.82, 2.24) is 4.90 Å². The van der Waals surface area contributed by atoms with E-state index in [1.54, 1.807) is 6.92 Å². The number of hydrogen-bond donors (Lipinski definition) is 2. The van der Waals surface area contributed by atoms with Gasteiger partial charge in [0.2, 0.25) is 5.91 Å². The molecule has 1 amide bonds. The molecule has 0 radical (unpaired) electrons. The van der Waals surface area contributed by atoms with Crippen molar-refractivity contribution in [3.8, 4) is 0 Å². The molecule has 5 nitrogen and oxygen atoms in total. The highest BCUT2D eigenvalue weighted by Gasteiger charge is 2.35. The van der Waals surface area contributed by atoms with Crippen LogP contribution in [0.5, 0.6) is 0 Å². The van der Waals surface area contributed by atoms with Crippen molar-refractivity contribution in [1.29, 1.82) is 0 Å². The first-order valence-corrected chi connectivity index (χ1v) is 4.81. The molecule has 0 spiro atoms. The molecule has 1 aliphatic rings. The van der Waals surface area contributed by atoms with Crippen LogP contribution < -0.4 is 5.73 Å². The van der Waals surface area contributed by atoms with Gasteiger partial charge in [-0.1, -0.05) is 6.92 Å². The Balaban J connectivity index is 2.67. The fourth-order valence-corrected chi connectivity index (χ4v) is 1.67. The SMILES string of the molecule is CC(CN)C(=O)N1CCC[C@H]1C(=O)O. The largest absolute Gasteiger partial charge is 0.480 e. The van der Waals surface area contributed by atoms with Gasteiger partial charge in [-0.15, -0.1) is 0 Å². The summed E-state index contributed by atoms with van der Waals surface area (Å²) in [6.45, 7) is 2.53. The monoisotopic (exact) mass is 200 g/mol. The minimum absolute atomic E-state index is 0.141. The molecule has 1 saturated heterocycles. The average Bonchev–Trinajstić information content (AvgIpc) is 2.63. The summed E-state index contributed by atoms with van der Waals surface area (Å²) in [5.41, 5.74) is 5.37. The molecule has 1 unspecified atom stereocenters. The summed E-state index contributed by atoms with van der Waals surface area (Å²) in [5.74, 6) is -1.34. The van der Waals surface area contributed by atoms with Gasteiger partial charge < -0.3 is 15.7 Å². The Labute approximate surface area is 82.9 Å². The van der Waals surface area contributed by atoms with Crippen LogP contribution in [0.4, 0.5) is 0 Å². The van der Waals surface area contributed by atoms with E-state index < -0.39 is 12.0 Å². The molecule has 1 rings (SSSR count). The van der Waals surface area contributed by atoms with Gasteiger partial charge in [-0.05, 0) is 12.8 Å². The molecular formula is C9H16N2O3. The third-order valence-corrected chi connectivity index (χ3v) is 2.60. The molecule has 14 heavy (non-hydrogen) atoms. The number of nitrogens with two attached hydrogens (primary N) is 1. The third-order valence-electron chi connectivity index (χ3n) is 2.60. The minimum Gasteiger partial charge on any atom is -0.480 e. The zero-order chi connectivity index (χ0) is 10.7. The molecule has 1 fully saturated rings. The second kappa shape index (κ2) is 4.41. The Kier molecular flexibility index (Phi) is 3.46. The lowest BCUT2D eigenvalue weighted by molar-refractivity contribution is -0.149. The van der Waals surface area contributed by atoms with Gasteiger partial charge in [-0.25, -0.2) is 4.79 Å². The summed E-state index contributed by atoms with van der Waals surface area (Å²) < 4.78 is 0. The van der Waals surface area contributed by atoms with Crippen molar-refractivity contribution in [3.05, 3.63) is 0 Å². The van der Waals surface area contributed by atoms with Crippen molar-refractivity contribution in [2.75, 3.05) is 13.1 Å². The molecular weight excluding hydrogens is 184 g/mol. The fraction of sp³-hybridized carbons (Fsp3) is 0.778. The van der Waals surface area contributed by atoms with Crippen molar-refractivity contribution in [2.45, 2.75) is 25.8 Å². The predicted octanol–water partition coefficient (Wildman–Crippen LogP) is -0.343. The Morgan fingerprint density at radius 2 is 2.29 bits per heavy atom. The van der Waals surface area contributed by atoms with E-state index in [0.717, 1.165) is 6.42 Å². The van der Waals surface area contributed by atoms with Gasteiger partial charge in [0.15, 0.2) is 0 Å². The lowest BCUT2D eigenvalue weighted by atomic mass is 10.1. The number of hydrogen-bond acceptors (Lipinski definition) is 3. The number of likely N-dealkylation sites (tertiary alicyclic amines) is 1. The van der Waals surface area contributed by atoms with Crippen molar-refractivity contribution in [2.24, 2.45) is 11.7 Å². The summed E-state index contributed by atoms with van der Waals surface area (Å²) in [6.07, 6.45) is 1.32. The summed E-state index contributed by atoms with van der Waals surface area (Å²) >= 11 is 0. The predicted molar refractivity (Wildman–Crippen MR) is 50.6 cm³/mol.